The summed E-state index contributed by atoms with van der Waals surface area (Å²) in [7, 11) is 1.48. The van der Waals surface area contributed by atoms with E-state index in [0.29, 0.717) is 60.0 Å². The molecule has 1 saturated heterocycles. The summed E-state index contributed by atoms with van der Waals surface area (Å²) in [5, 5.41) is 5.12. The number of rotatable bonds is 7. The minimum Gasteiger partial charge on any atom is -0.493 e. The molecule has 2 amide bonds. The second-order valence-corrected chi connectivity index (χ2v) is 8.57. The maximum Gasteiger partial charge on any atom is 0.260 e. The molecule has 35 heavy (non-hydrogen) atoms. The molecule has 5 rings (SSSR count). The van der Waals surface area contributed by atoms with E-state index in [4.69, 9.17) is 23.7 Å². The zero-order valence-electron chi connectivity index (χ0n) is 18.9. The molecule has 0 bridgehead atoms. The van der Waals surface area contributed by atoms with E-state index in [9.17, 15) is 9.59 Å². The molecular formula is C24H23N3O7S. The van der Waals surface area contributed by atoms with Crippen molar-refractivity contribution in [1.82, 2.24) is 9.88 Å². The third-order valence-corrected chi connectivity index (χ3v) is 6.29. The van der Waals surface area contributed by atoms with E-state index < -0.39 is 0 Å². The molecule has 1 aromatic heterocycles. The van der Waals surface area contributed by atoms with Crippen molar-refractivity contribution in [1.29, 1.82) is 0 Å². The standard InChI is InChI=1S/C24H23N3O7S/c1-30-20-11-16(3-5-18(20)32-12-22(28)27-6-8-31-9-7-27)23(29)26-24-25-17(13-35-24)15-2-4-19-21(10-15)34-14-33-19/h2-5,10-11,13H,6-9,12,14H2,1H3,(H,25,26,29). The van der Waals surface area contributed by atoms with Gasteiger partial charge in [0.05, 0.1) is 26.0 Å². The van der Waals surface area contributed by atoms with Gasteiger partial charge in [-0.05, 0) is 36.4 Å². The van der Waals surface area contributed by atoms with Crippen molar-refractivity contribution >= 4 is 28.3 Å². The van der Waals surface area contributed by atoms with Gasteiger partial charge in [0.1, 0.15) is 0 Å². The van der Waals surface area contributed by atoms with Gasteiger partial charge in [-0.3, -0.25) is 14.9 Å². The van der Waals surface area contributed by atoms with Gasteiger partial charge >= 0.3 is 0 Å². The maximum atomic E-state index is 12.8. The number of nitrogens with zero attached hydrogens (tertiary/aromatic N) is 2. The minimum atomic E-state index is -0.342. The Kier molecular flexibility index (Phi) is 6.68. The van der Waals surface area contributed by atoms with Gasteiger partial charge in [0.25, 0.3) is 11.8 Å². The molecule has 3 heterocycles. The van der Waals surface area contributed by atoms with Gasteiger partial charge in [0.2, 0.25) is 6.79 Å². The number of morpholine rings is 1. The molecule has 2 aliphatic heterocycles. The molecule has 1 N–H and O–H groups in total. The molecule has 0 atom stereocenters. The number of carbonyl (C=O) groups is 2. The quantitative estimate of drug-likeness (QED) is 0.531. The Morgan fingerprint density at radius 2 is 1.91 bits per heavy atom. The first-order valence-electron chi connectivity index (χ1n) is 10.9. The van der Waals surface area contributed by atoms with E-state index in [0.717, 1.165) is 11.3 Å². The molecule has 0 unspecified atom stereocenters. The number of carbonyl (C=O) groups excluding carboxylic acids is 2. The monoisotopic (exact) mass is 497 g/mol. The molecule has 11 heteroatoms. The number of nitrogens with one attached hydrogen (secondary N) is 1. The molecule has 0 spiro atoms. The van der Waals surface area contributed by atoms with Crippen LogP contribution in [0.3, 0.4) is 0 Å². The van der Waals surface area contributed by atoms with Crippen LogP contribution in [-0.4, -0.2) is 68.5 Å². The summed E-state index contributed by atoms with van der Waals surface area (Å²) in [6, 6.07) is 10.4. The zero-order valence-corrected chi connectivity index (χ0v) is 19.8. The molecule has 0 saturated carbocycles. The number of aromatic nitrogens is 1. The van der Waals surface area contributed by atoms with Crippen LogP contribution in [0.4, 0.5) is 5.13 Å². The Balaban J connectivity index is 1.22. The summed E-state index contributed by atoms with van der Waals surface area (Å²) in [6.07, 6.45) is 0. The van der Waals surface area contributed by atoms with Crippen molar-refractivity contribution < 1.29 is 33.3 Å². The SMILES string of the molecule is COc1cc(C(=O)Nc2nc(-c3ccc4c(c3)OCO4)cs2)ccc1OCC(=O)N1CCOCC1. The van der Waals surface area contributed by atoms with Crippen molar-refractivity contribution in [2.45, 2.75) is 0 Å². The number of methoxy groups -OCH3 is 1. The van der Waals surface area contributed by atoms with E-state index in [1.807, 2.05) is 23.6 Å². The fourth-order valence-corrected chi connectivity index (χ4v) is 4.38. The lowest BCUT2D eigenvalue weighted by Crippen LogP contribution is -2.43. The lowest BCUT2D eigenvalue weighted by Gasteiger charge is -2.26. The third kappa shape index (κ3) is 5.15. The predicted molar refractivity (Wildman–Crippen MR) is 128 cm³/mol. The van der Waals surface area contributed by atoms with Gasteiger partial charge in [-0.1, -0.05) is 0 Å². The highest BCUT2D eigenvalue weighted by molar-refractivity contribution is 7.14. The molecular weight excluding hydrogens is 474 g/mol. The molecule has 182 valence electrons. The summed E-state index contributed by atoms with van der Waals surface area (Å²) in [5.41, 5.74) is 1.95. The third-order valence-electron chi connectivity index (χ3n) is 5.53. The predicted octanol–water partition coefficient (Wildman–Crippen LogP) is 3.04. The minimum absolute atomic E-state index is 0.121. The molecule has 1 fully saturated rings. The van der Waals surface area contributed by atoms with Gasteiger partial charge in [0.15, 0.2) is 34.7 Å². The fourth-order valence-electron chi connectivity index (χ4n) is 3.66. The van der Waals surface area contributed by atoms with Crippen molar-refractivity contribution in [3.8, 4) is 34.3 Å². The largest absolute Gasteiger partial charge is 0.493 e. The fraction of sp³-hybridized carbons (Fsp3) is 0.292. The first kappa shape index (κ1) is 22.9. The van der Waals surface area contributed by atoms with E-state index in [1.54, 1.807) is 23.1 Å². The van der Waals surface area contributed by atoms with Gasteiger partial charge in [-0.15, -0.1) is 11.3 Å². The number of benzene rings is 2. The van der Waals surface area contributed by atoms with Crippen LogP contribution in [0.1, 0.15) is 10.4 Å². The van der Waals surface area contributed by atoms with Crippen LogP contribution in [-0.2, 0) is 9.53 Å². The summed E-state index contributed by atoms with van der Waals surface area (Å²) in [5.74, 6) is 1.63. The summed E-state index contributed by atoms with van der Waals surface area (Å²) >= 11 is 1.32. The zero-order chi connectivity index (χ0) is 24.2. The summed E-state index contributed by atoms with van der Waals surface area (Å²) < 4.78 is 27.1. The lowest BCUT2D eigenvalue weighted by molar-refractivity contribution is -0.137. The highest BCUT2D eigenvalue weighted by atomic mass is 32.1. The number of thiazole rings is 1. The number of fused-ring (bicyclic) bond motifs is 1. The van der Waals surface area contributed by atoms with Gasteiger partial charge < -0.3 is 28.6 Å². The van der Waals surface area contributed by atoms with Crippen molar-refractivity contribution in [3.63, 3.8) is 0 Å². The van der Waals surface area contributed by atoms with Crippen LogP contribution < -0.4 is 24.3 Å². The molecule has 10 nitrogen and oxygen atoms in total. The molecule has 2 aromatic carbocycles. The highest BCUT2D eigenvalue weighted by Gasteiger charge is 2.19. The molecule has 0 aliphatic carbocycles. The van der Waals surface area contributed by atoms with E-state index in [2.05, 4.69) is 10.3 Å². The average molecular weight is 498 g/mol. The van der Waals surface area contributed by atoms with Crippen LogP contribution in [0.25, 0.3) is 11.3 Å². The topological polar surface area (TPSA) is 108 Å². The van der Waals surface area contributed by atoms with E-state index in [1.165, 1.54) is 18.4 Å². The Labute approximate surface area is 205 Å². The lowest BCUT2D eigenvalue weighted by atomic mass is 10.1. The summed E-state index contributed by atoms with van der Waals surface area (Å²) in [6.45, 7) is 2.22. The number of amides is 2. The first-order valence-corrected chi connectivity index (χ1v) is 11.8. The molecule has 0 radical (unpaired) electrons. The summed E-state index contributed by atoms with van der Waals surface area (Å²) in [4.78, 5) is 31.4. The van der Waals surface area contributed by atoms with Crippen molar-refractivity contribution in [3.05, 3.63) is 47.3 Å². The van der Waals surface area contributed by atoms with Crippen LogP contribution >= 0.6 is 11.3 Å². The number of anilines is 1. The average Bonchev–Trinajstić information content (AvgIpc) is 3.56. The number of hydrogen-bond acceptors (Lipinski definition) is 9. The van der Waals surface area contributed by atoms with Crippen molar-refractivity contribution in [2.75, 3.05) is 52.1 Å². The van der Waals surface area contributed by atoms with E-state index >= 15 is 0 Å². The molecule has 3 aromatic rings. The Bertz CT molecular complexity index is 1240. The Morgan fingerprint density at radius 1 is 1.09 bits per heavy atom. The number of ether oxygens (including phenoxy) is 5. The normalized spacial score (nSPS) is 14.5. The Hall–Kier alpha value is -3.83. The maximum absolute atomic E-state index is 12.8. The molecule has 2 aliphatic rings. The van der Waals surface area contributed by atoms with Gasteiger partial charge in [-0.2, -0.15) is 0 Å². The van der Waals surface area contributed by atoms with Crippen LogP contribution in [0.2, 0.25) is 0 Å². The van der Waals surface area contributed by atoms with Crippen LogP contribution in [0.15, 0.2) is 41.8 Å². The highest BCUT2D eigenvalue weighted by Crippen LogP contribution is 2.36. The second kappa shape index (κ2) is 10.2. The van der Waals surface area contributed by atoms with Gasteiger partial charge in [-0.25, -0.2) is 4.98 Å². The van der Waals surface area contributed by atoms with Gasteiger partial charge in [0, 0.05) is 29.6 Å². The van der Waals surface area contributed by atoms with E-state index in [-0.39, 0.29) is 25.2 Å². The Morgan fingerprint density at radius 3 is 2.74 bits per heavy atom. The van der Waals surface area contributed by atoms with Crippen LogP contribution in [0, 0.1) is 0 Å². The van der Waals surface area contributed by atoms with Crippen molar-refractivity contribution in [2.24, 2.45) is 0 Å². The first-order chi connectivity index (χ1) is 17.1. The van der Waals surface area contributed by atoms with Crippen LogP contribution in [0.5, 0.6) is 23.0 Å². The smallest absolute Gasteiger partial charge is 0.260 e. The second-order valence-electron chi connectivity index (χ2n) is 7.71. The number of hydrogen-bond donors (Lipinski definition) is 1.